The van der Waals surface area contributed by atoms with E-state index < -0.39 is 29.9 Å². The second kappa shape index (κ2) is 16.0. The van der Waals surface area contributed by atoms with Crippen molar-refractivity contribution >= 4 is 11.8 Å². The van der Waals surface area contributed by atoms with Gasteiger partial charge in [-0.2, -0.15) is 0 Å². The molecule has 1 fully saturated rings. The van der Waals surface area contributed by atoms with Gasteiger partial charge in [-0.05, 0) is 19.1 Å². The van der Waals surface area contributed by atoms with Crippen LogP contribution in [0.3, 0.4) is 0 Å². The number of thioether (sulfide) groups is 1. The average molecular weight is 405 g/mol. The van der Waals surface area contributed by atoms with Gasteiger partial charge in [-0.15, -0.1) is 11.8 Å². The fourth-order valence-corrected chi connectivity index (χ4v) is 4.86. The molecule has 0 spiro atoms. The van der Waals surface area contributed by atoms with Crippen LogP contribution in [0.15, 0.2) is 0 Å². The van der Waals surface area contributed by atoms with Crippen molar-refractivity contribution in [1.82, 2.24) is 0 Å². The molecule has 1 aliphatic heterocycles. The van der Waals surface area contributed by atoms with Gasteiger partial charge in [0.2, 0.25) is 0 Å². The third-order valence-electron chi connectivity index (χ3n) is 5.59. The van der Waals surface area contributed by atoms with Crippen molar-refractivity contribution in [1.29, 1.82) is 0 Å². The van der Waals surface area contributed by atoms with Crippen molar-refractivity contribution in [3.63, 3.8) is 0 Å². The van der Waals surface area contributed by atoms with Gasteiger partial charge in [0.1, 0.15) is 23.7 Å². The molecule has 1 aliphatic rings. The summed E-state index contributed by atoms with van der Waals surface area (Å²) in [5, 5.41) is 29.5. The van der Waals surface area contributed by atoms with E-state index in [4.69, 9.17) is 4.74 Å². The van der Waals surface area contributed by atoms with E-state index in [1.165, 1.54) is 83.5 Å². The Balaban J connectivity index is 1.85. The summed E-state index contributed by atoms with van der Waals surface area (Å²) in [5.74, 6) is 0.926. The Kier molecular flexibility index (Phi) is 15.0. The number of aliphatic hydroxyl groups excluding tert-OH is 3. The maximum absolute atomic E-state index is 9.99. The van der Waals surface area contributed by atoms with E-state index in [9.17, 15) is 15.3 Å². The van der Waals surface area contributed by atoms with Crippen molar-refractivity contribution in [2.24, 2.45) is 0 Å². The molecule has 1 rings (SSSR count). The molecule has 0 aromatic heterocycles. The van der Waals surface area contributed by atoms with Gasteiger partial charge >= 0.3 is 0 Å². The van der Waals surface area contributed by atoms with Crippen molar-refractivity contribution in [3.05, 3.63) is 0 Å². The predicted molar refractivity (Wildman–Crippen MR) is 115 cm³/mol. The summed E-state index contributed by atoms with van der Waals surface area (Å²) in [5.41, 5.74) is -0.430. The van der Waals surface area contributed by atoms with Crippen molar-refractivity contribution in [2.75, 3.05) is 5.75 Å². The fraction of sp³-hybridized carbons (Fsp3) is 1.00. The zero-order chi connectivity index (χ0) is 19.9. The van der Waals surface area contributed by atoms with E-state index in [2.05, 4.69) is 6.92 Å². The van der Waals surface area contributed by atoms with Crippen LogP contribution in [0.1, 0.15) is 104 Å². The average Bonchev–Trinajstić information content (AvgIpc) is 2.67. The molecule has 27 heavy (non-hydrogen) atoms. The van der Waals surface area contributed by atoms with E-state index in [1.807, 2.05) is 0 Å². The summed E-state index contributed by atoms with van der Waals surface area (Å²) < 4.78 is 5.60. The lowest BCUT2D eigenvalue weighted by atomic mass is 10.0. The van der Waals surface area contributed by atoms with Gasteiger partial charge in [-0.1, -0.05) is 90.4 Å². The van der Waals surface area contributed by atoms with Crippen LogP contribution in [0.25, 0.3) is 0 Å². The van der Waals surface area contributed by atoms with Gasteiger partial charge in [0.25, 0.3) is 0 Å². The number of hydrogen-bond acceptors (Lipinski definition) is 5. The third kappa shape index (κ3) is 11.1. The smallest absolute Gasteiger partial charge is 0.132 e. The summed E-state index contributed by atoms with van der Waals surface area (Å²) in [6.45, 7) is 4.01. The van der Waals surface area contributed by atoms with Crippen LogP contribution >= 0.6 is 11.8 Å². The highest BCUT2D eigenvalue weighted by Gasteiger charge is 2.41. The second-order valence-corrected chi connectivity index (χ2v) is 9.35. The Bertz CT molecular complexity index is 342. The third-order valence-corrected chi connectivity index (χ3v) is 6.83. The van der Waals surface area contributed by atoms with Gasteiger partial charge in [0.05, 0.1) is 6.10 Å². The van der Waals surface area contributed by atoms with Gasteiger partial charge in [0.15, 0.2) is 0 Å². The largest absolute Gasteiger partial charge is 0.388 e. The van der Waals surface area contributed by atoms with E-state index in [1.54, 1.807) is 18.7 Å². The molecule has 5 atom stereocenters. The highest BCUT2D eigenvalue weighted by atomic mass is 32.2. The molecule has 0 saturated carbocycles. The molecule has 0 unspecified atom stereocenters. The summed E-state index contributed by atoms with van der Waals surface area (Å²) in [6, 6.07) is 0. The molecule has 0 amide bonds. The topological polar surface area (TPSA) is 69.9 Å². The highest BCUT2D eigenvalue weighted by Crippen LogP contribution is 2.29. The normalized spacial score (nSPS) is 28.6. The number of rotatable bonds is 16. The Labute approximate surface area is 171 Å². The van der Waals surface area contributed by atoms with Crippen LogP contribution in [0, 0.1) is 0 Å². The molecule has 1 saturated heterocycles. The first-order chi connectivity index (χ1) is 13.1. The van der Waals surface area contributed by atoms with Gasteiger partial charge in [-0.3, -0.25) is 0 Å². The summed E-state index contributed by atoms with van der Waals surface area (Å²) in [6.07, 6.45) is 15.3. The van der Waals surface area contributed by atoms with E-state index >= 15 is 0 Å². The van der Waals surface area contributed by atoms with Crippen LogP contribution in [0.5, 0.6) is 0 Å². The molecule has 0 aromatic rings. The number of ether oxygens (including phenoxy) is 1. The Morgan fingerprint density at radius 3 is 1.56 bits per heavy atom. The minimum absolute atomic E-state index is 0.430. The van der Waals surface area contributed by atoms with Crippen LogP contribution in [-0.4, -0.2) is 50.9 Å². The first kappa shape index (κ1) is 25.2. The van der Waals surface area contributed by atoms with Crippen molar-refractivity contribution in [3.8, 4) is 0 Å². The minimum Gasteiger partial charge on any atom is -0.388 e. The Morgan fingerprint density at radius 1 is 0.630 bits per heavy atom. The van der Waals surface area contributed by atoms with Crippen LogP contribution < -0.4 is 0 Å². The molecular weight excluding hydrogens is 360 g/mol. The molecule has 0 bridgehead atoms. The first-order valence-corrected chi connectivity index (χ1v) is 12.4. The van der Waals surface area contributed by atoms with E-state index in [0.717, 1.165) is 12.2 Å². The van der Waals surface area contributed by atoms with Gasteiger partial charge in [-0.25, -0.2) is 0 Å². The maximum atomic E-state index is 9.99. The predicted octanol–water partition coefficient (Wildman–Crippen LogP) is 5.03. The highest BCUT2D eigenvalue weighted by molar-refractivity contribution is 7.99. The summed E-state index contributed by atoms with van der Waals surface area (Å²) >= 11 is 1.56. The summed E-state index contributed by atoms with van der Waals surface area (Å²) in [7, 11) is 0. The zero-order valence-corrected chi connectivity index (χ0v) is 18.5. The zero-order valence-electron chi connectivity index (χ0n) is 17.7. The van der Waals surface area contributed by atoms with Crippen molar-refractivity contribution in [2.45, 2.75) is 134 Å². The molecule has 0 aliphatic carbocycles. The standard InChI is InChI=1S/C22H44O4S/c1-3-4-5-6-7-8-9-10-11-12-13-14-15-16-17-27-22-21(25)20(24)19(23)18(2)26-22/h18-25H,3-17H2,1-2H3/t18-,19+,20+,21-,22+/m0/s1. The molecule has 162 valence electrons. The number of unbranched alkanes of at least 4 members (excludes halogenated alkanes) is 13. The van der Waals surface area contributed by atoms with Crippen LogP contribution in [-0.2, 0) is 4.74 Å². The molecule has 3 N–H and O–H groups in total. The Hall–Kier alpha value is 0.190. The maximum Gasteiger partial charge on any atom is 0.132 e. The number of hydrogen-bond donors (Lipinski definition) is 3. The first-order valence-electron chi connectivity index (χ1n) is 11.4. The summed E-state index contributed by atoms with van der Waals surface area (Å²) in [4.78, 5) is 0. The Morgan fingerprint density at radius 2 is 1.07 bits per heavy atom. The molecule has 0 radical (unpaired) electrons. The van der Waals surface area contributed by atoms with Gasteiger partial charge < -0.3 is 20.1 Å². The minimum atomic E-state index is -1.11. The second-order valence-electron chi connectivity index (χ2n) is 8.15. The molecular formula is C22H44O4S. The monoisotopic (exact) mass is 404 g/mol. The molecule has 1 heterocycles. The lowest BCUT2D eigenvalue weighted by Crippen LogP contribution is -2.55. The van der Waals surface area contributed by atoms with Crippen molar-refractivity contribution < 1.29 is 20.1 Å². The van der Waals surface area contributed by atoms with Crippen LogP contribution in [0.4, 0.5) is 0 Å². The quantitative estimate of drug-likeness (QED) is 0.315. The number of aliphatic hydroxyl groups is 3. The lowest BCUT2D eigenvalue weighted by Gasteiger charge is -2.39. The molecule has 4 nitrogen and oxygen atoms in total. The SMILES string of the molecule is CCCCCCCCCCCCCCCCS[C@H]1O[C@@H](C)[C@@H](O)[C@@H](O)[C@@H]1O. The molecule has 0 aromatic carbocycles. The van der Waals surface area contributed by atoms with E-state index in [0.29, 0.717) is 0 Å². The van der Waals surface area contributed by atoms with Gasteiger partial charge in [0, 0.05) is 0 Å². The van der Waals surface area contributed by atoms with Crippen LogP contribution in [0.2, 0.25) is 0 Å². The lowest BCUT2D eigenvalue weighted by molar-refractivity contribution is -0.192. The van der Waals surface area contributed by atoms with E-state index in [-0.39, 0.29) is 0 Å². The fourth-order valence-electron chi connectivity index (χ4n) is 3.65. The molecule has 5 heteroatoms.